The van der Waals surface area contributed by atoms with E-state index in [1.165, 1.54) is 49.4 Å². The van der Waals surface area contributed by atoms with Crippen LogP contribution in [-0.4, -0.2) is 17.0 Å². The summed E-state index contributed by atoms with van der Waals surface area (Å²) >= 11 is 0. The number of halogens is 3. The second-order valence-corrected chi connectivity index (χ2v) is 5.29. The zero-order chi connectivity index (χ0) is 18.6. The lowest BCUT2D eigenvalue weighted by molar-refractivity contribution is -0.137. The first kappa shape index (κ1) is 18.3. The summed E-state index contributed by atoms with van der Waals surface area (Å²) < 4.78 is 38.1. The molecule has 0 unspecified atom stereocenters. The third kappa shape index (κ3) is 4.94. The van der Waals surface area contributed by atoms with Gasteiger partial charge in [-0.3, -0.25) is 4.79 Å². The van der Waals surface area contributed by atoms with Gasteiger partial charge in [0.1, 0.15) is 0 Å². The second kappa shape index (κ2) is 7.21. The van der Waals surface area contributed by atoms with Gasteiger partial charge in [0.2, 0.25) is 0 Å². The first-order valence-electron chi connectivity index (χ1n) is 7.17. The Morgan fingerprint density at radius 1 is 1.08 bits per heavy atom. The lowest BCUT2D eigenvalue weighted by Crippen LogP contribution is -2.13. The maximum absolute atomic E-state index is 12.7. The lowest BCUT2D eigenvalue weighted by atomic mass is 10.1. The minimum Gasteiger partial charge on any atom is -0.478 e. The summed E-state index contributed by atoms with van der Waals surface area (Å²) in [6, 6.07) is 10.3. The molecule has 0 heterocycles. The fourth-order valence-electron chi connectivity index (χ4n) is 2.08. The van der Waals surface area contributed by atoms with Crippen LogP contribution in [0, 0.1) is 0 Å². The number of aromatic carboxylic acids is 1. The summed E-state index contributed by atoms with van der Waals surface area (Å²) in [7, 11) is 0. The van der Waals surface area contributed by atoms with Crippen molar-refractivity contribution in [2.75, 3.05) is 5.32 Å². The minimum absolute atomic E-state index is 0.0114. The molecule has 0 aliphatic heterocycles. The number of carbonyl (C=O) groups is 2. The van der Waals surface area contributed by atoms with Crippen molar-refractivity contribution in [2.45, 2.75) is 13.1 Å². The molecule has 25 heavy (non-hydrogen) atoms. The summed E-state index contributed by atoms with van der Waals surface area (Å²) in [6.07, 6.45) is -3.14. The Kier molecular flexibility index (Phi) is 5.26. The summed E-state index contributed by atoms with van der Waals surface area (Å²) in [6.45, 7) is 1.46. The van der Waals surface area contributed by atoms with Gasteiger partial charge < -0.3 is 10.4 Å². The molecule has 0 aliphatic carbocycles. The molecule has 0 fully saturated rings. The van der Waals surface area contributed by atoms with Crippen molar-refractivity contribution in [1.82, 2.24) is 0 Å². The van der Waals surface area contributed by atoms with Crippen LogP contribution in [0.5, 0.6) is 0 Å². The van der Waals surface area contributed by atoms with Gasteiger partial charge in [-0.2, -0.15) is 13.2 Å². The van der Waals surface area contributed by atoms with Crippen molar-refractivity contribution in [3.63, 3.8) is 0 Å². The molecule has 0 spiro atoms. The zero-order valence-electron chi connectivity index (χ0n) is 13.1. The molecule has 2 aromatic rings. The van der Waals surface area contributed by atoms with E-state index in [0.29, 0.717) is 0 Å². The second-order valence-electron chi connectivity index (χ2n) is 5.29. The van der Waals surface area contributed by atoms with Crippen LogP contribution in [-0.2, 0) is 11.0 Å². The molecule has 2 aromatic carbocycles. The molecular formula is C18H14F3NO3. The van der Waals surface area contributed by atoms with E-state index in [2.05, 4.69) is 5.32 Å². The lowest BCUT2D eigenvalue weighted by Gasteiger charge is -2.08. The van der Waals surface area contributed by atoms with Crippen LogP contribution in [0.4, 0.5) is 18.9 Å². The van der Waals surface area contributed by atoms with Gasteiger partial charge in [-0.15, -0.1) is 0 Å². The van der Waals surface area contributed by atoms with Gasteiger partial charge in [0.05, 0.1) is 11.1 Å². The fourth-order valence-corrected chi connectivity index (χ4v) is 2.08. The van der Waals surface area contributed by atoms with E-state index in [1.807, 2.05) is 0 Å². The highest BCUT2D eigenvalue weighted by Crippen LogP contribution is 2.30. The zero-order valence-corrected chi connectivity index (χ0v) is 13.1. The molecule has 0 saturated heterocycles. The van der Waals surface area contributed by atoms with Crippen LogP contribution in [0.15, 0.2) is 54.1 Å². The van der Waals surface area contributed by atoms with Crippen molar-refractivity contribution >= 4 is 23.6 Å². The van der Waals surface area contributed by atoms with Crippen molar-refractivity contribution in [2.24, 2.45) is 0 Å². The normalized spacial score (nSPS) is 11.9. The van der Waals surface area contributed by atoms with Crippen LogP contribution >= 0.6 is 0 Å². The number of hydrogen-bond donors (Lipinski definition) is 2. The molecular weight excluding hydrogens is 335 g/mol. The molecule has 2 rings (SSSR count). The van der Waals surface area contributed by atoms with E-state index in [0.717, 1.165) is 12.1 Å². The third-order valence-corrected chi connectivity index (χ3v) is 3.32. The number of anilines is 1. The number of rotatable bonds is 4. The molecule has 0 radical (unpaired) electrons. The molecule has 0 bridgehead atoms. The monoisotopic (exact) mass is 349 g/mol. The molecule has 4 nitrogen and oxygen atoms in total. The molecule has 0 atom stereocenters. The quantitative estimate of drug-likeness (QED) is 0.802. The predicted octanol–water partition coefficient (Wildman–Crippen LogP) is 4.45. The number of carboxylic acids is 1. The Labute approximate surface area is 141 Å². The Morgan fingerprint density at radius 2 is 1.76 bits per heavy atom. The van der Waals surface area contributed by atoms with E-state index in [4.69, 9.17) is 5.11 Å². The number of carbonyl (C=O) groups excluding carboxylic acids is 1. The topological polar surface area (TPSA) is 66.4 Å². The summed E-state index contributed by atoms with van der Waals surface area (Å²) in [5, 5.41) is 11.4. The van der Waals surface area contributed by atoms with Gasteiger partial charge in [0, 0.05) is 11.3 Å². The largest absolute Gasteiger partial charge is 0.478 e. The average Bonchev–Trinajstić information content (AvgIpc) is 2.54. The van der Waals surface area contributed by atoms with Crippen LogP contribution in [0.25, 0.3) is 6.08 Å². The maximum atomic E-state index is 12.7. The first-order valence-corrected chi connectivity index (χ1v) is 7.17. The van der Waals surface area contributed by atoms with E-state index in [-0.39, 0.29) is 22.4 Å². The average molecular weight is 349 g/mol. The van der Waals surface area contributed by atoms with Gasteiger partial charge in [-0.25, -0.2) is 4.79 Å². The van der Waals surface area contributed by atoms with E-state index < -0.39 is 23.6 Å². The van der Waals surface area contributed by atoms with Gasteiger partial charge in [0.15, 0.2) is 0 Å². The number of amides is 1. The van der Waals surface area contributed by atoms with Crippen LogP contribution in [0.1, 0.15) is 28.4 Å². The van der Waals surface area contributed by atoms with Crippen molar-refractivity contribution in [3.8, 4) is 0 Å². The standard InChI is InChI=1S/C18H14F3NO3/c1-11(8-12-4-2-6-14(9-12)18(19,20)21)16(23)22-15-7-3-5-13(10-15)17(24)25/h2-10H,1H3,(H,22,23)(H,24,25)/b11-8+. The molecule has 2 N–H and O–H groups in total. The fraction of sp³-hybridized carbons (Fsp3) is 0.111. The van der Waals surface area contributed by atoms with Crippen LogP contribution in [0.3, 0.4) is 0 Å². The number of nitrogens with one attached hydrogen (secondary N) is 1. The van der Waals surface area contributed by atoms with Crippen molar-refractivity contribution in [1.29, 1.82) is 0 Å². The highest BCUT2D eigenvalue weighted by molar-refractivity contribution is 6.06. The van der Waals surface area contributed by atoms with Gasteiger partial charge in [0.25, 0.3) is 5.91 Å². The van der Waals surface area contributed by atoms with Gasteiger partial charge >= 0.3 is 12.1 Å². The van der Waals surface area contributed by atoms with Crippen molar-refractivity contribution in [3.05, 3.63) is 70.8 Å². The molecule has 0 aliphatic rings. The molecule has 0 aromatic heterocycles. The minimum atomic E-state index is -4.46. The molecule has 7 heteroatoms. The predicted molar refractivity (Wildman–Crippen MR) is 87.1 cm³/mol. The van der Waals surface area contributed by atoms with Crippen LogP contribution in [0.2, 0.25) is 0 Å². The maximum Gasteiger partial charge on any atom is 0.416 e. The molecule has 0 saturated carbocycles. The van der Waals surface area contributed by atoms with Crippen molar-refractivity contribution < 1.29 is 27.9 Å². The van der Waals surface area contributed by atoms with E-state index in [9.17, 15) is 22.8 Å². The molecule has 130 valence electrons. The number of hydrogen-bond acceptors (Lipinski definition) is 2. The van der Waals surface area contributed by atoms with Gasteiger partial charge in [-0.05, 0) is 48.9 Å². The molecule has 1 amide bonds. The Balaban J connectivity index is 2.18. The van der Waals surface area contributed by atoms with Gasteiger partial charge in [-0.1, -0.05) is 18.2 Å². The highest BCUT2D eigenvalue weighted by atomic mass is 19.4. The highest BCUT2D eigenvalue weighted by Gasteiger charge is 2.30. The first-order chi connectivity index (χ1) is 11.7. The van der Waals surface area contributed by atoms with E-state index >= 15 is 0 Å². The third-order valence-electron chi connectivity index (χ3n) is 3.32. The SMILES string of the molecule is C/C(=C\c1cccc(C(F)(F)F)c1)C(=O)Nc1cccc(C(=O)O)c1. The smallest absolute Gasteiger partial charge is 0.416 e. The number of alkyl halides is 3. The Morgan fingerprint density at radius 3 is 2.40 bits per heavy atom. The summed E-state index contributed by atoms with van der Waals surface area (Å²) in [4.78, 5) is 23.0. The summed E-state index contributed by atoms with van der Waals surface area (Å²) in [5.74, 6) is -1.67. The number of carboxylic acid groups (broad SMARTS) is 1. The Hall–Kier alpha value is -3.09. The van der Waals surface area contributed by atoms with E-state index in [1.54, 1.807) is 0 Å². The number of benzene rings is 2. The Bertz CT molecular complexity index is 841. The summed E-state index contributed by atoms with van der Waals surface area (Å²) in [5.41, 5.74) is -0.0931. The van der Waals surface area contributed by atoms with Crippen LogP contribution < -0.4 is 5.32 Å².